The van der Waals surface area contributed by atoms with Gasteiger partial charge in [-0.1, -0.05) is 19.1 Å². The summed E-state index contributed by atoms with van der Waals surface area (Å²) in [7, 11) is 0. The van der Waals surface area contributed by atoms with Gasteiger partial charge in [0.05, 0.1) is 11.3 Å². The Bertz CT molecular complexity index is 961. The first-order valence-electron chi connectivity index (χ1n) is 8.40. The third-order valence-corrected chi connectivity index (χ3v) is 4.18. The van der Waals surface area contributed by atoms with E-state index in [1.165, 1.54) is 22.6 Å². The van der Waals surface area contributed by atoms with Gasteiger partial charge in [-0.2, -0.15) is 13.2 Å². The molecule has 0 saturated heterocycles. The minimum Gasteiger partial charge on any atom is -0.350 e. The van der Waals surface area contributed by atoms with Gasteiger partial charge in [-0.15, -0.1) is 0 Å². The van der Waals surface area contributed by atoms with Crippen LogP contribution in [0.2, 0.25) is 0 Å². The lowest BCUT2D eigenvalue weighted by Gasteiger charge is -2.09. The number of pyridine rings is 1. The van der Waals surface area contributed by atoms with Crippen LogP contribution in [0.5, 0.6) is 0 Å². The van der Waals surface area contributed by atoms with Crippen molar-refractivity contribution < 1.29 is 22.4 Å². The molecule has 1 aromatic carbocycles. The number of benzene rings is 1. The predicted octanol–water partition coefficient (Wildman–Crippen LogP) is 4.03. The van der Waals surface area contributed by atoms with Crippen molar-refractivity contribution in [3.05, 3.63) is 70.9 Å². The minimum absolute atomic E-state index is 0.0951. The van der Waals surface area contributed by atoms with Crippen LogP contribution in [0.4, 0.5) is 17.6 Å². The van der Waals surface area contributed by atoms with Crippen molar-refractivity contribution in [1.82, 2.24) is 14.7 Å². The molecule has 0 fully saturated rings. The van der Waals surface area contributed by atoms with Crippen molar-refractivity contribution >= 4 is 11.6 Å². The van der Waals surface area contributed by atoms with Crippen LogP contribution in [0.3, 0.4) is 0 Å². The average molecular weight is 379 g/mol. The van der Waals surface area contributed by atoms with E-state index in [-0.39, 0.29) is 23.7 Å². The van der Waals surface area contributed by atoms with Crippen LogP contribution in [0.1, 0.15) is 34.2 Å². The molecule has 2 aromatic heterocycles. The van der Waals surface area contributed by atoms with E-state index in [9.17, 15) is 22.4 Å². The molecule has 0 unspecified atom stereocenters. The number of hydrogen-bond acceptors (Lipinski definition) is 2. The Morgan fingerprint density at radius 1 is 1.15 bits per heavy atom. The maximum absolute atomic E-state index is 13.0. The van der Waals surface area contributed by atoms with E-state index >= 15 is 0 Å². The molecule has 3 rings (SSSR count). The zero-order chi connectivity index (χ0) is 19.6. The minimum atomic E-state index is -4.51. The molecule has 0 radical (unpaired) electrons. The Hall–Kier alpha value is -2.90. The number of amides is 1. The summed E-state index contributed by atoms with van der Waals surface area (Å²) in [6.45, 7) is 2.04. The molecular weight excluding hydrogens is 362 g/mol. The van der Waals surface area contributed by atoms with Crippen molar-refractivity contribution in [2.45, 2.75) is 25.9 Å². The van der Waals surface area contributed by atoms with Gasteiger partial charge in [-0.25, -0.2) is 9.37 Å². The van der Waals surface area contributed by atoms with Crippen molar-refractivity contribution in [2.75, 3.05) is 6.54 Å². The van der Waals surface area contributed by atoms with Crippen molar-refractivity contribution in [3.8, 4) is 0 Å². The average Bonchev–Trinajstić information content (AvgIpc) is 3.00. The fourth-order valence-electron chi connectivity index (χ4n) is 2.80. The van der Waals surface area contributed by atoms with E-state index in [1.807, 2.05) is 0 Å². The second-order valence-corrected chi connectivity index (χ2v) is 6.04. The lowest BCUT2D eigenvalue weighted by molar-refractivity contribution is -0.137. The number of nitrogens with zero attached hydrogens (tertiary/aromatic N) is 2. The van der Waals surface area contributed by atoms with Crippen LogP contribution < -0.4 is 5.32 Å². The number of halogens is 4. The molecule has 8 heteroatoms. The zero-order valence-corrected chi connectivity index (χ0v) is 14.5. The van der Waals surface area contributed by atoms with Gasteiger partial charge in [0.2, 0.25) is 0 Å². The number of carbonyl (C=O) groups is 1. The Labute approximate surface area is 152 Å². The lowest BCUT2D eigenvalue weighted by Crippen LogP contribution is -2.28. The Morgan fingerprint density at radius 2 is 1.85 bits per heavy atom. The summed E-state index contributed by atoms with van der Waals surface area (Å²) in [5.41, 5.74) is 0.787. The molecule has 2 heterocycles. The molecule has 0 aliphatic carbocycles. The van der Waals surface area contributed by atoms with Crippen LogP contribution in [-0.4, -0.2) is 21.8 Å². The molecule has 0 aliphatic rings. The number of imidazole rings is 1. The molecule has 142 valence electrons. The normalized spacial score (nSPS) is 11.7. The van der Waals surface area contributed by atoms with Crippen LogP contribution in [-0.2, 0) is 19.0 Å². The van der Waals surface area contributed by atoms with E-state index in [4.69, 9.17) is 0 Å². The van der Waals surface area contributed by atoms with Crippen LogP contribution in [0.15, 0.2) is 42.6 Å². The molecule has 1 N–H and O–H groups in total. The van der Waals surface area contributed by atoms with E-state index < -0.39 is 17.6 Å². The van der Waals surface area contributed by atoms with E-state index in [0.29, 0.717) is 18.5 Å². The van der Waals surface area contributed by atoms with E-state index in [2.05, 4.69) is 10.3 Å². The molecule has 0 saturated carbocycles. The maximum atomic E-state index is 13.0. The second kappa shape index (κ2) is 7.38. The molecule has 27 heavy (non-hydrogen) atoms. The van der Waals surface area contributed by atoms with E-state index in [0.717, 1.165) is 17.8 Å². The summed E-state index contributed by atoms with van der Waals surface area (Å²) in [5, 5.41) is 2.70. The van der Waals surface area contributed by atoms with Gasteiger partial charge in [0, 0.05) is 12.7 Å². The fourth-order valence-corrected chi connectivity index (χ4v) is 2.80. The van der Waals surface area contributed by atoms with Crippen LogP contribution >= 0.6 is 0 Å². The number of hydrogen-bond donors (Lipinski definition) is 1. The molecular formula is C19H17F4N3O. The molecule has 1 amide bonds. The zero-order valence-electron chi connectivity index (χ0n) is 14.5. The Kier molecular flexibility index (Phi) is 5.16. The lowest BCUT2D eigenvalue weighted by atomic mass is 10.1. The van der Waals surface area contributed by atoms with Gasteiger partial charge < -0.3 is 5.32 Å². The van der Waals surface area contributed by atoms with Crippen molar-refractivity contribution in [3.63, 3.8) is 0 Å². The molecule has 0 aliphatic heterocycles. The van der Waals surface area contributed by atoms with Crippen LogP contribution in [0.25, 0.3) is 5.65 Å². The molecule has 3 aromatic rings. The first-order chi connectivity index (χ1) is 12.8. The number of aryl methyl sites for hydroxylation is 1. The monoisotopic (exact) mass is 379 g/mol. The molecule has 4 nitrogen and oxygen atoms in total. The highest BCUT2D eigenvalue weighted by molar-refractivity contribution is 5.94. The van der Waals surface area contributed by atoms with Crippen molar-refractivity contribution in [2.24, 2.45) is 0 Å². The third kappa shape index (κ3) is 4.10. The number of fused-ring (bicyclic) bond motifs is 1. The molecule has 0 atom stereocenters. The van der Waals surface area contributed by atoms with Gasteiger partial charge >= 0.3 is 6.18 Å². The van der Waals surface area contributed by atoms with Gasteiger partial charge in [0.15, 0.2) is 0 Å². The first kappa shape index (κ1) is 18.9. The molecule has 0 spiro atoms. The summed E-state index contributed by atoms with van der Waals surface area (Å²) in [6, 6.07) is 8.08. The van der Waals surface area contributed by atoms with Crippen LogP contribution in [0, 0.1) is 5.82 Å². The number of rotatable bonds is 5. The number of carbonyl (C=O) groups excluding carboxylic acids is 1. The van der Waals surface area contributed by atoms with Gasteiger partial charge in [0.25, 0.3) is 5.91 Å². The highest BCUT2D eigenvalue weighted by Crippen LogP contribution is 2.30. The van der Waals surface area contributed by atoms with Gasteiger partial charge in [-0.3, -0.25) is 9.20 Å². The smallest absolute Gasteiger partial charge is 0.350 e. The fraction of sp³-hybridized carbons (Fsp3) is 0.263. The van der Waals surface area contributed by atoms with Gasteiger partial charge in [-0.05, 0) is 42.7 Å². The summed E-state index contributed by atoms with van der Waals surface area (Å²) in [4.78, 5) is 16.8. The number of aromatic nitrogens is 2. The quantitative estimate of drug-likeness (QED) is 0.681. The number of alkyl halides is 3. The number of nitrogens with one attached hydrogen (secondary N) is 1. The van der Waals surface area contributed by atoms with E-state index in [1.54, 1.807) is 19.1 Å². The molecule has 0 bridgehead atoms. The Balaban J connectivity index is 1.82. The highest BCUT2D eigenvalue weighted by Gasteiger charge is 2.31. The summed E-state index contributed by atoms with van der Waals surface area (Å²) >= 11 is 0. The topological polar surface area (TPSA) is 46.4 Å². The first-order valence-corrected chi connectivity index (χ1v) is 8.40. The maximum Gasteiger partial charge on any atom is 0.417 e. The predicted molar refractivity (Wildman–Crippen MR) is 92.0 cm³/mol. The summed E-state index contributed by atoms with van der Waals surface area (Å²) < 4.78 is 53.1. The van der Waals surface area contributed by atoms with Crippen molar-refractivity contribution in [1.29, 1.82) is 0 Å². The second-order valence-electron chi connectivity index (χ2n) is 6.04. The largest absolute Gasteiger partial charge is 0.417 e. The summed E-state index contributed by atoms with van der Waals surface area (Å²) in [5.74, 6) is -0.845. The Morgan fingerprint density at radius 3 is 2.48 bits per heavy atom. The highest BCUT2D eigenvalue weighted by atomic mass is 19.4. The SMILES string of the molecule is CCc1nc2ccc(C(F)(F)F)cn2c1C(=O)NCCc1ccc(F)cc1. The summed E-state index contributed by atoms with van der Waals surface area (Å²) in [6.07, 6.45) is -2.75. The third-order valence-electron chi connectivity index (χ3n) is 4.18. The standard InChI is InChI=1S/C19H17F4N3O/c1-2-15-17(18(27)24-10-9-12-3-6-14(20)7-4-12)26-11-13(19(21,22)23)5-8-16(26)25-15/h3-8,11H,2,9-10H2,1H3,(H,24,27). The van der Waals surface area contributed by atoms with Gasteiger partial charge in [0.1, 0.15) is 17.2 Å².